The van der Waals surface area contributed by atoms with Crippen LogP contribution in [0.4, 0.5) is 0 Å². The number of carbonyl (C=O) groups excluding carboxylic acids is 1. The number of hydrogen-bond acceptors (Lipinski definition) is 4. The van der Waals surface area contributed by atoms with Crippen molar-refractivity contribution in [1.82, 2.24) is 10.2 Å². The Morgan fingerprint density at radius 1 is 1.10 bits per heavy atom. The molecule has 3 aliphatic rings. The molecular formula is C16H28N2O3. The van der Waals surface area contributed by atoms with Gasteiger partial charge in [-0.25, -0.2) is 0 Å². The molecule has 3 fully saturated rings. The van der Waals surface area contributed by atoms with Gasteiger partial charge in [-0.1, -0.05) is 19.3 Å². The highest BCUT2D eigenvalue weighted by Crippen LogP contribution is 2.61. The Labute approximate surface area is 126 Å². The summed E-state index contributed by atoms with van der Waals surface area (Å²) in [6.45, 7) is 3.11. The van der Waals surface area contributed by atoms with Crippen LogP contribution in [0.25, 0.3) is 0 Å². The minimum Gasteiger partial charge on any atom is -0.396 e. The number of nitrogens with one attached hydrogen (secondary N) is 1. The van der Waals surface area contributed by atoms with Crippen molar-refractivity contribution in [3.8, 4) is 0 Å². The SMILES string of the molecule is O=C(CN1CC2C(C1)C2(CO)CO)NCC1CCCCC1. The van der Waals surface area contributed by atoms with E-state index >= 15 is 0 Å². The third kappa shape index (κ3) is 2.96. The fraction of sp³-hybridized carbons (Fsp3) is 0.938. The van der Waals surface area contributed by atoms with Crippen molar-refractivity contribution in [2.24, 2.45) is 23.2 Å². The van der Waals surface area contributed by atoms with Gasteiger partial charge in [0, 0.05) is 25.0 Å². The fourth-order valence-corrected chi connectivity index (χ4v) is 4.48. The molecule has 21 heavy (non-hydrogen) atoms. The number of rotatable bonds is 6. The summed E-state index contributed by atoms with van der Waals surface area (Å²) in [6.07, 6.45) is 6.46. The van der Waals surface area contributed by atoms with Crippen LogP contribution >= 0.6 is 0 Å². The van der Waals surface area contributed by atoms with Gasteiger partial charge in [0.1, 0.15) is 0 Å². The lowest BCUT2D eigenvalue weighted by Crippen LogP contribution is -2.41. The average molecular weight is 296 g/mol. The minimum atomic E-state index is -0.255. The van der Waals surface area contributed by atoms with E-state index in [2.05, 4.69) is 10.2 Å². The summed E-state index contributed by atoms with van der Waals surface area (Å²) in [7, 11) is 0. The van der Waals surface area contributed by atoms with Crippen molar-refractivity contribution in [3.63, 3.8) is 0 Å². The number of aliphatic hydroxyl groups excluding tert-OH is 2. The second-order valence-corrected chi connectivity index (χ2v) is 7.26. The molecule has 2 aliphatic carbocycles. The molecule has 3 N–H and O–H groups in total. The predicted molar refractivity (Wildman–Crippen MR) is 79.6 cm³/mol. The number of piperidine rings is 1. The second kappa shape index (κ2) is 6.23. The lowest BCUT2D eigenvalue weighted by atomic mass is 9.89. The van der Waals surface area contributed by atoms with Gasteiger partial charge in [-0.15, -0.1) is 0 Å². The maximum atomic E-state index is 12.0. The molecule has 1 saturated heterocycles. The van der Waals surface area contributed by atoms with Gasteiger partial charge < -0.3 is 15.5 Å². The lowest BCUT2D eigenvalue weighted by Gasteiger charge is -2.25. The number of aliphatic hydroxyl groups is 2. The Morgan fingerprint density at radius 2 is 1.71 bits per heavy atom. The van der Waals surface area contributed by atoms with Crippen LogP contribution in [0.15, 0.2) is 0 Å². The Kier molecular flexibility index (Phi) is 4.52. The predicted octanol–water partition coefficient (Wildman–Crippen LogP) is 0.216. The maximum Gasteiger partial charge on any atom is 0.234 e. The molecule has 2 unspecified atom stereocenters. The first-order valence-corrected chi connectivity index (χ1v) is 8.40. The van der Waals surface area contributed by atoms with Crippen LogP contribution in [0.3, 0.4) is 0 Å². The van der Waals surface area contributed by atoms with Gasteiger partial charge in [-0.3, -0.25) is 9.69 Å². The molecule has 1 amide bonds. The number of likely N-dealkylation sites (tertiary alicyclic amines) is 1. The number of hydrogen-bond donors (Lipinski definition) is 3. The largest absolute Gasteiger partial charge is 0.396 e. The van der Waals surface area contributed by atoms with E-state index in [1.807, 2.05) is 0 Å². The molecule has 0 radical (unpaired) electrons. The third-order valence-electron chi connectivity index (χ3n) is 6.03. The van der Waals surface area contributed by atoms with Gasteiger partial charge in [-0.05, 0) is 30.6 Å². The van der Waals surface area contributed by atoms with E-state index in [9.17, 15) is 15.0 Å². The first-order valence-electron chi connectivity index (χ1n) is 8.40. The highest BCUT2D eigenvalue weighted by Gasteiger charge is 2.67. The topological polar surface area (TPSA) is 72.8 Å². The fourth-order valence-electron chi connectivity index (χ4n) is 4.48. The minimum absolute atomic E-state index is 0.0700. The summed E-state index contributed by atoms with van der Waals surface area (Å²) in [4.78, 5) is 14.2. The van der Waals surface area contributed by atoms with Gasteiger partial charge in [0.15, 0.2) is 0 Å². The summed E-state index contributed by atoms with van der Waals surface area (Å²) in [5.41, 5.74) is -0.255. The molecule has 0 aromatic heterocycles. The molecule has 0 bridgehead atoms. The van der Waals surface area contributed by atoms with Crippen molar-refractivity contribution in [2.45, 2.75) is 32.1 Å². The molecule has 5 heteroatoms. The van der Waals surface area contributed by atoms with E-state index in [1.165, 1.54) is 32.1 Å². The Balaban J connectivity index is 1.36. The summed E-state index contributed by atoms with van der Waals surface area (Å²) >= 11 is 0. The van der Waals surface area contributed by atoms with Crippen LogP contribution < -0.4 is 5.32 Å². The molecule has 0 spiro atoms. The molecule has 3 rings (SSSR count). The summed E-state index contributed by atoms with van der Waals surface area (Å²) < 4.78 is 0. The molecular weight excluding hydrogens is 268 g/mol. The van der Waals surface area contributed by atoms with Crippen LogP contribution in [0.5, 0.6) is 0 Å². The zero-order chi connectivity index (χ0) is 14.9. The van der Waals surface area contributed by atoms with Crippen LogP contribution in [0, 0.1) is 23.2 Å². The van der Waals surface area contributed by atoms with Crippen LogP contribution in [-0.2, 0) is 4.79 Å². The van der Waals surface area contributed by atoms with Crippen molar-refractivity contribution in [1.29, 1.82) is 0 Å². The van der Waals surface area contributed by atoms with E-state index in [4.69, 9.17) is 0 Å². The van der Waals surface area contributed by atoms with Crippen LogP contribution in [0.2, 0.25) is 0 Å². The zero-order valence-corrected chi connectivity index (χ0v) is 12.8. The van der Waals surface area contributed by atoms with Gasteiger partial charge in [-0.2, -0.15) is 0 Å². The number of fused-ring (bicyclic) bond motifs is 1. The van der Waals surface area contributed by atoms with E-state index in [-0.39, 0.29) is 24.5 Å². The molecule has 2 atom stereocenters. The number of amides is 1. The highest BCUT2D eigenvalue weighted by atomic mass is 16.3. The zero-order valence-electron chi connectivity index (χ0n) is 12.8. The number of carbonyl (C=O) groups is 1. The Hall–Kier alpha value is -0.650. The van der Waals surface area contributed by atoms with Gasteiger partial charge in [0.2, 0.25) is 5.91 Å². The molecule has 5 nitrogen and oxygen atoms in total. The lowest BCUT2D eigenvalue weighted by molar-refractivity contribution is -0.122. The van der Waals surface area contributed by atoms with Gasteiger partial charge >= 0.3 is 0 Å². The Bertz CT molecular complexity index is 364. The summed E-state index contributed by atoms with van der Waals surface area (Å²) in [6, 6.07) is 0. The molecule has 1 aliphatic heterocycles. The maximum absolute atomic E-state index is 12.0. The summed E-state index contributed by atoms with van der Waals surface area (Å²) in [5, 5.41) is 21.9. The van der Waals surface area contributed by atoms with Crippen molar-refractivity contribution in [2.75, 3.05) is 39.4 Å². The van der Waals surface area contributed by atoms with Gasteiger partial charge in [0.05, 0.1) is 19.8 Å². The smallest absolute Gasteiger partial charge is 0.234 e. The second-order valence-electron chi connectivity index (χ2n) is 7.26. The van der Waals surface area contributed by atoms with E-state index in [1.54, 1.807) is 0 Å². The monoisotopic (exact) mass is 296 g/mol. The van der Waals surface area contributed by atoms with Crippen LogP contribution in [0.1, 0.15) is 32.1 Å². The first kappa shape index (κ1) is 15.3. The molecule has 120 valence electrons. The molecule has 0 aromatic carbocycles. The normalized spacial score (nSPS) is 31.9. The van der Waals surface area contributed by atoms with Crippen molar-refractivity contribution < 1.29 is 15.0 Å². The third-order valence-corrected chi connectivity index (χ3v) is 6.03. The molecule has 2 saturated carbocycles. The first-order chi connectivity index (χ1) is 10.2. The van der Waals surface area contributed by atoms with E-state index in [0.717, 1.165) is 19.6 Å². The Morgan fingerprint density at radius 3 is 2.29 bits per heavy atom. The standard InChI is InChI=1S/C16H28N2O3/c19-10-16(11-20)13-7-18(8-14(13)16)9-15(21)17-6-12-4-2-1-3-5-12/h12-14,19-20H,1-11H2,(H,17,21). The molecule has 0 aromatic rings. The highest BCUT2D eigenvalue weighted by molar-refractivity contribution is 5.78. The van der Waals surface area contributed by atoms with Crippen molar-refractivity contribution >= 4 is 5.91 Å². The van der Waals surface area contributed by atoms with E-state index < -0.39 is 0 Å². The van der Waals surface area contributed by atoms with Crippen LogP contribution in [-0.4, -0.2) is 60.4 Å². The van der Waals surface area contributed by atoms with E-state index in [0.29, 0.717) is 24.3 Å². The van der Waals surface area contributed by atoms with Gasteiger partial charge in [0.25, 0.3) is 0 Å². The quantitative estimate of drug-likeness (QED) is 0.655. The number of nitrogens with zero attached hydrogens (tertiary/aromatic N) is 1. The average Bonchev–Trinajstić information content (AvgIpc) is 2.88. The van der Waals surface area contributed by atoms with Crippen molar-refractivity contribution in [3.05, 3.63) is 0 Å². The summed E-state index contributed by atoms with van der Waals surface area (Å²) in [5.74, 6) is 1.55. The molecule has 1 heterocycles.